The Morgan fingerprint density at radius 3 is 2.27 bits per heavy atom. The SMILES string of the molecule is CNC(=O)c1c(-c2ccc(C)cc2)oc2c1cc(-c1cccc(C(=O)NC(C)(C)C)c1)c1[nH]c(C)cc12. The lowest BCUT2D eigenvalue weighted by atomic mass is 9.96. The maximum absolute atomic E-state index is 13.2. The van der Waals surface area contributed by atoms with Gasteiger partial charge in [0.05, 0.1) is 11.1 Å². The zero-order valence-corrected chi connectivity index (χ0v) is 22.0. The standard InChI is InChI=1S/C31H31N3O3/c1-17-10-12-19(13-11-17)27-25(30(36)32-6)23-16-22(26-24(28(23)37-27)14-18(2)33-26)20-8-7-9-21(15-20)29(35)34-31(3,4)5/h7-16,33H,1-6H3,(H,32,36)(H,34,35). The van der Waals surface area contributed by atoms with Gasteiger partial charge < -0.3 is 20.0 Å². The van der Waals surface area contributed by atoms with Gasteiger partial charge in [-0.2, -0.15) is 0 Å². The molecule has 2 aromatic heterocycles. The second-order valence-corrected chi connectivity index (χ2v) is 10.6. The van der Waals surface area contributed by atoms with Crippen molar-refractivity contribution in [3.05, 3.63) is 83.0 Å². The number of amides is 2. The Labute approximate surface area is 216 Å². The molecule has 5 rings (SSSR count). The van der Waals surface area contributed by atoms with Gasteiger partial charge in [-0.25, -0.2) is 0 Å². The highest BCUT2D eigenvalue weighted by molar-refractivity contribution is 6.19. The highest BCUT2D eigenvalue weighted by Gasteiger charge is 2.25. The number of aromatic amines is 1. The smallest absolute Gasteiger partial charge is 0.255 e. The average Bonchev–Trinajstić information content (AvgIpc) is 3.43. The van der Waals surface area contributed by atoms with Gasteiger partial charge in [-0.3, -0.25) is 9.59 Å². The second kappa shape index (κ2) is 8.96. The Morgan fingerprint density at radius 1 is 0.865 bits per heavy atom. The Hall–Kier alpha value is -4.32. The number of rotatable bonds is 4. The number of H-pyrrole nitrogens is 1. The number of hydrogen-bond acceptors (Lipinski definition) is 3. The molecule has 5 aromatic rings. The first-order valence-electron chi connectivity index (χ1n) is 12.4. The maximum Gasteiger partial charge on any atom is 0.255 e. The number of furan rings is 1. The molecule has 37 heavy (non-hydrogen) atoms. The number of benzene rings is 3. The van der Waals surface area contributed by atoms with Crippen LogP contribution in [0.25, 0.3) is 44.3 Å². The number of carbonyl (C=O) groups is 2. The molecule has 2 heterocycles. The van der Waals surface area contributed by atoms with Gasteiger partial charge in [0.1, 0.15) is 11.3 Å². The van der Waals surface area contributed by atoms with E-state index in [4.69, 9.17) is 4.42 Å². The van der Waals surface area contributed by atoms with Crippen molar-refractivity contribution in [1.29, 1.82) is 0 Å². The van der Waals surface area contributed by atoms with E-state index in [1.54, 1.807) is 7.05 Å². The molecule has 0 saturated carbocycles. The number of fused-ring (bicyclic) bond motifs is 3. The van der Waals surface area contributed by atoms with E-state index in [2.05, 4.69) is 15.6 Å². The van der Waals surface area contributed by atoms with Crippen LogP contribution in [0.4, 0.5) is 0 Å². The van der Waals surface area contributed by atoms with Crippen molar-refractivity contribution >= 4 is 33.7 Å². The fourth-order valence-electron chi connectivity index (χ4n) is 4.71. The van der Waals surface area contributed by atoms with Crippen LogP contribution in [0, 0.1) is 13.8 Å². The first kappa shape index (κ1) is 24.4. The number of carbonyl (C=O) groups excluding carboxylic acids is 2. The summed E-state index contributed by atoms with van der Waals surface area (Å²) < 4.78 is 6.44. The Kier molecular flexibility index (Phi) is 5.91. The van der Waals surface area contributed by atoms with E-state index in [1.165, 1.54) is 0 Å². The van der Waals surface area contributed by atoms with Gasteiger partial charge in [-0.05, 0) is 64.4 Å². The molecule has 2 amide bonds. The van der Waals surface area contributed by atoms with E-state index in [9.17, 15) is 9.59 Å². The van der Waals surface area contributed by atoms with E-state index in [0.717, 1.165) is 44.2 Å². The van der Waals surface area contributed by atoms with Crippen LogP contribution in [0.15, 0.2) is 65.1 Å². The van der Waals surface area contributed by atoms with Gasteiger partial charge in [0, 0.05) is 45.7 Å². The van der Waals surface area contributed by atoms with Gasteiger partial charge >= 0.3 is 0 Å². The molecule has 0 bridgehead atoms. The molecule has 0 saturated heterocycles. The lowest BCUT2D eigenvalue weighted by Gasteiger charge is -2.20. The van der Waals surface area contributed by atoms with Crippen molar-refractivity contribution in [2.45, 2.75) is 40.2 Å². The Balaban J connectivity index is 1.78. The van der Waals surface area contributed by atoms with Crippen molar-refractivity contribution in [1.82, 2.24) is 15.6 Å². The van der Waals surface area contributed by atoms with Crippen LogP contribution >= 0.6 is 0 Å². The molecule has 0 spiro atoms. The van der Waals surface area contributed by atoms with Gasteiger partial charge in [0.2, 0.25) is 0 Å². The molecule has 0 fully saturated rings. The van der Waals surface area contributed by atoms with E-state index < -0.39 is 0 Å². The number of aryl methyl sites for hydroxylation is 2. The molecule has 0 aliphatic carbocycles. The van der Waals surface area contributed by atoms with E-state index >= 15 is 0 Å². The van der Waals surface area contributed by atoms with Gasteiger partial charge in [0.25, 0.3) is 11.8 Å². The molecule has 188 valence electrons. The predicted molar refractivity (Wildman–Crippen MR) is 149 cm³/mol. The first-order chi connectivity index (χ1) is 17.6. The molecule has 3 aromatic carbocycles. The predicted octanol–water partition coefficient (Wildman–Crippen LogP) is 6.75. The zero-order chi connectivity index (χ0) is 26.5. The number of aromatic nitrogens is 1. The maximum atomic E-state index is 13.2. The van der Waals surface area contributed by atoms with Crippen LogP contribution in [-0.4, -0.2) is 29.4 Å². The highest BCUT2D eigenvalue weighted by atomic mass is 16.3. The number of hydrogen-bond donors (Lipinski definition) is 3. The zero-order valence-electron chi connectivity index (χ0n) is 22.0. The third kappa shape index (κ3) is 4.51. The van der Waals surface area contributed by atoms with Crippen LogP contribution in [0.2, 0.25) is 0 Å². The second-order valence-electron chi connectivity index (χ2n) is 10.6. The Bertz CT molecular complexity index is 1660. The fraction of sp³-hybridized carbons (Fsp3) is 0.226. The number of nitrogens with one attached hydrogen (secondary N) is 3. The minimum absolute atomic E-state index is 0.134. The minimum atomic E-state index is -0.346. The topological polar surface area (TPSA) is 87.1 Å². The molecule has 0 aliphatic heterocycles. The van der Waals surface area contributed by atoms with Crippen molar-refractivity contribution in [2.75, 3.05) is 7.05 Å². The Morgan fingerprint density at radius 2 is 1.59 bits per heavy atom. The molecule has 3 N–H and O–H groups in total. The fourth-order valence-corrected chi connectivity index (χ4v) is 4.71. The van der Waals surface area contributed by atoms with Gasteiger partial charge in [0.15, 0.2) is 0 Å². The summed E-state index contributed by atoms with van der Waals surface area (Å²) in [7, 11) is 1.62. The van der Waals surface area contributed by atoms with Crippen molar-refractivity contribution in [3.8, 4) is 22.5 Å². The summed E-state index contributed by atoms with van der Waals surface area (Å²) in [6, 6.07) is 19.5. The van der Waals surface area contributed by atoms with Gasteiger partial charge in [-0.15, -0.1) is 0 Å². The van der Waals surface area contributed by atoms with Crippen molar-refractivity contribution in [3.63, 3.8) is 0 Å². The molecule has 0 unspecified atom stereocenters. The average molecular weight is 494 g/mol. The summed E-state index contributed by atoms with van der Waals surface area (Å²) in [6.45, 7) is 9.89. The van der Waals surface area contributed by atoms with Gasteiger partial charge in [-0.1, -0.05) is 42.0 Å². The third-order valence-corrected chi connectivity index (χ3v) is 6.39. The molecular weight excluding hydrogens is 462 g/mol. The molecular formula is C31H31N3O3. The van der Waals surface area contributed by atoms with Crippen LogP contribution in [0.3, 0.4) is 0 Å². The summed E-state index contributed by atoms with van der Waals surface area (Å²) in [6.07, 6.45) is 0. The molecule has 6 heteroatoms. The minimum Gasteiger partial charge on any atom is -0.454 e. The molecule has 0 atom stereocenters. The van der Waals surface area contributed by atoms with E-state index in [0.29, 0.717) is 22.5 Å². The molecule has 0 radical (unpaired) electrons. The highest BCUT2D eigenvalue weighted by Crippen LogP contribution is 2.42. The van der Waals surface area contributed by atoms with Crippen LogP contribution in [-0.2, 0) is 0 Å². The van der Waals surface area contributed by atoms with E-state index in [1.807, 2.05) is 95.3 Å². The quantitative estimate of drug-likeness (QED) is 0.259. The third-order valence-electron chi connectivity index (χ3n) is 6.39. The van der Waals surface area contributed by atoms with E-state index in [-0.39, 0.29) is 17.4 Å². The lowest BCUT2D eigenvalue weighted by molar-refractivity contribution is 0.0918. The largest absolute Gasteiger partial charge is 0.454 e. The summed E-state index contributed by atoms with van der Waals surface area (Å²) in [4.78, 5) is 29.5. The van der Waals surface area contributed by atoms with Crippen LogP contribution in [0.1, 0.15) is 52.7 Å². The normalized spacial score (nSPS) is 11.7. The summed E-state index contributed by atoms with van der Waals surface area (Å²) >= 11 is 0. The van der Waals surface area contributed by atoms with Crippen molar-refractivity contribution < 1.29 is 14.0 Å². The molecule has 0 aliphatic rings. The van der Waals surface area contributed by atoms with Crippen LogP contribution < -0.4 is 10.6 Å². The molecule has 6 nitrogen and oxygen atoms in total. The lowest BCUT2D eigenvalue weighted by Crippen LogP contribution is -2.40. The monoisotopic (exact) mass is 493 g/mol. The summed E-state index contributed by atoms with van der Waals surface area (Å²) in [5.74, 6) is 0.181. The summed E-state index contributed by atoms with van der Waals surface area (Å²) in [5.41, 5.74) is 6.96. The first-order valence-corrected chi connectivity index (χ1v) is 12.4. The van der Waals surface area contributed by atoms with Crippen molar-refractivity contribution in [2.24, 2.45) is 0 Å². The summed E-state index contributed by atoms with van der Waals surface area (Å²) in [5, 5.41) is 7.42. The van der Waals surface area contributed by atoms with Crippen LogP contribution in [0.5, 0.6) is 0 Å².